The Hall–Kier alpha value is -2.44. The molecule has 0 radical (unpaired) electrons. The van der Waals surface area contributed by atoms with Gasteiger partial charge in [-0.1, -0.05) is 6.07 Å². The van der Waals surface area contributed by atoms with Crippen LogP contribution in [0.2, 0.25) is 0 Å². The predicted octanol–water partition coefficient (Wildman–Crippen LogP) is 2.51. The Morgan fingerprint density at radius 2 is 2.25 bits per heavy atom. The number of hydrogen-bond acceptors (Lipinski definition) is 4. The number of nitrogens with one attached hydrogen (secondary N) is 1. The Balaban J connectivity index is 1.61. The minimum absolute atomic E-state index is 0.0119. The number of nitrogens with zero attached hydrogens (tertiary/aromatic N) is 2. The van der Waals surface area contributed by atoms with Crippen molar-refractivity contribution in [2.75, 3.05) is 13.2 Å². The first kappa shape index (κ1) is 16.4. The molecular weight excluding hydrogens is 322 g/mol. The molecule has 3 aromatic rings. The van der Waals surface area contributed by atoms with Gasteiger partial charge in [-0.2, -0.15) is 16.4 Å². The average molecular weight is 341 g/mol. The minimum Gasteiger partial charge on any atom is -0.396 e. The lowest BCUT2D eigenvalue weighted by molar-refractivity contribution is 0.0940. The highest BCUT2D eigenvalue weighted by Gasteiger charge is 2.12. The van der Waals surface area contributed by atoms with Crippen molar-refractivity contribution in [2.45, 2.75) is 6.42 Å². The largest absolute Gasteiger partial charge is 0.396 e. The molecule has 2 N–H and O–H groups in total. The summed E-state index contributed by atoms with van der Waals surface area (Å²) in [4.78, 5) is 12.4. The Labute approximate surface area is 144 Å². The van der Waals surface area contributed by atoms with E-state index in [0.29, 0.717) is 12.1 Å². The van der Waals surface area contributed by atoms with E-state index in [2.05, 4.69) is 15.8 Å². The molecule has 1 atom stereocenters. The molecule has 0 saturated heterocycles. The number of carbonyl (C=O) groups excluding carboxylic acids is 1. The Morgan fingerprint density at radius 3 is 2.96 bits per heavy atom. The SMILES string of the molecule is O=C(NC[C@H](CO)Cc1ccsc1)c1cccc(-n2cccn2)c1. The summed E-state index contributed by atoms with van der Waals surface area (Å²) >= 11 is 1.64. The molecule has 5 nitrogen and oxygen atoms in total. The predicted molar refractivity (Wildman–Crippen MR) is 94.5 cm³/mol. The summed E-state index contributed by atoms with van der Waals surface area (Å²) in [7, 11) is 0. The fourth-order valence-electron chi connectivity index (χ4n) is 2.49. The number of hydrogen-bond donors (Lipinski definition) is 2. The van der Waals surface area contributed by atoms with Crippen molar-refractivity contribution in [3.05, 3.63) is 70.7 Å². The number of aromatic nitrogens is 2. The summed E-state index contributed by atoms with van der Waals surface area (Å²) < 4.78 is 1.71. The third-order valence-electron chi connectivity index (χ3n) is 3.79. The Kier molecular flexibility index (Phi) is 5.40. The van der Waals surface area contributed by atoms with Crippen molar-refractivity contribution in [1.82, 2.24) is 15.1 Å². The van der Waals surface area contributed by atoms with Gasteiger partial charge in [-0.05, 0) is 53.1 Å². The van der Waals surface area contributed by atoms with Gasteiger partial charge >= 0.3 is 0 Å². The zero-order valence-corrected chi connectivity index (χ0v) is 13.9. The van der Waals surface area contributed by atoms with E-state index < -0.39 is 0 Å². The minimum atomic E-state index is -0.146. The van der Waals surface area contributed by atoms with E-state index in [1.807, 2.05) is 35.8 Å². The summed E-state index contributed by atoms with van der Waals surface area (Å²) in [5, 5.41) is 20.7. The van der Waals surface area contributed by atoms with Gasteiger partial charge in [-0.25, -0.2) is 4.68 Å². The summed E-state index contributed by atoms with van der Waals surface area (Å²) in [5.41, 5.74) is 2.61. The average Bonchev–Trinajstić information content (AvgIpc) is 3.32. The number of benzene rings is 1. The van der Waals surface area contributed by atoms with Gasteiger partial charge < -0.3 is 10.4 Å². The molecule has 0 bridgehead atoms. The quantitative estimate of drug-likeness (QED) is 0.694. The van der Waals surface area contributed by atoms with Crippen molar-refractivity contribution >= 4 is 17.2 Å². The van der Waals surface area contributed by atoms with Gasteiger partial charge in [0.1, 0.15) is 0 Å². The number of amides is 1. The van der Waals surface area contributed by atoms with Crippen LogP contribution in [0.15, 0.2) is 59.6 Å². The van der Waals surface area contributed by atoms with E-state index in [1.54, 1.807) is 34.3 Å². The first-order chi connectivity index (χ1) is 11.8. The van der Waals surface area contributed by atoms with E-state index >= 15 is 0 Å². The second kappa shape index (κ2) is 7.90. The summed E-state index contributed by atoms with van der Waals surface area (Å²) in [6, 6.07) is 11.2. The molecule has 124 valence electrons. The molecule has 3 rings (SSSR count). The van der Waals surface area contributed by atoms with Crippen molar-refractivity contribution in [3.63, 3.8) is 0 Å². The first-order valence-electron chi connectivity index (χ1n) is 7.76. The van der Waals surface area contributed by atoms with Crippen LogP contribution in [0, 0.1) is 5.92 Å². The monoisotopic (exact) mass is 341 g/mol. The molecule has 0 spiro atoms. The van der Waals surface area contributed by atoms with Gasteiger partial charge in [-0.3, -0.25) is 4.79 Å². The molecule has 24 heavy (non-hydrogen) atoms. The van der Waals surface area contributed by atoms with E-state index in [-0.39, 0.29) is 18.4 Å². The van der Waals surface area contributed by atoms with Gasteiger partial charge in [0.25, 0.3) is 5.91 Å². The smallest absolute Gasteiger partial charge is 0.251 e. The van der Waals surface area contributed by atoms with Crippen LogP contribution in [0.5, 0.6) is 0 Å². The molecule has 6 heteroatoms. The van der Waals surface area contributed by atoms with Crippen LogP contribution in [0.3, 0.4) is 0 Å². The normalized spacial score (nSPS) is 12.0. The maximum Gasteiger partial charge on any atom is 0.251 e. The van der Waals surface area contributed by atoms with Crippen LogP contribution in [-0.2, 0) is 6.42 Å². The maximum atomic E-state index is 12.4. The van der Waals surface area contributed by atoms with E-state index in [0.717, 1.165) is 12.1 Å². The lowest BCUT2D eigenvalue weighted by Crippen LogP contribution is -2.31. The Bertz CT molecular complexity index is 769. The highest BCUT2D eigenvalue weighted by molar-refractivity contribution is 7.07. The molecule has 0 saturated carbocycles. The number of rotatable bonds is 7. The molecule has 1 aromatic carbocycles. The third-order valence-corrected chi connectivity index (χ3v) is 4.52. The molecule has 0 aliphatic rings. The van der Waals surface area contributed by atoms with Gasteiger partial charge in [-0.15, -0.1) is 0 Å². The number of aliphatic hydroxyl groups is 1. The van der Waals surface area contributed by atoms with Crippen molar-refractivity contribution in [1.29, 1.82) is 0 Å². The van der Waals surface area contributed by atoms with Crippen LogP contribution in [0.4, 0.5) is 0 Å². The van der Waals surface area contributed by atoms with Crippen molar-refractivity contribution < 1.29 is 9.90 Å². The molecule has 1 amide bonds. The van der Waals surface area contributed by atoms with Crippen molar-refractivity contribution in [3.8, 4) is 5.69 Å². The van der Waals surface area contributed by atoms with E-state index in [9.17, 15) is 9.90 Å². The molecular formula is C18H19N3O2S. The molecule has 2 heterocycles. The Morgan fingerprint density at radius 1 is 1.33 bits per heavy atom. The van der Waals surface area contributed by atoms with Crippen LogP contribution in [-0.4, -0.2) is 33.9 Å². The van der Waals surface area contributed by atoms with Gasteiger partial charge in [0.15, 0.2) is 0 Å². The van der Waals surface area contributed by atoms with E-state index in [4.69, 9.17) is 0 Å². The number of thiophene rings is 1. The molecule has 0 aliphatic carbocycles. The second-order valence-electron chi connectivity index (χ2n) is 5.60. The zero-order chi connectivity index (χ0) is 16.8. The lowest BCUT2D eigenvalue weighted by Gasteiger charge is -2.14. The zero-order valence-electron chi connectivity index (χ0n) is 13.1. The maximum absolute atomic E-state index is 12.4. The van der Waals surface area contributed by atoms with Crippen LogP contribution in [0.1, 0.15) is 15.9 Å². The van der Waals surface area contributed by atoms with Crippen LogP contribution < -0.4 is 5.32 Å². The molecule has 0 fully saturated rings. The van der Waals surface area contributed by atoms with Gasteiger partial charge in [0.2, 0.25) is 0 Å². The third kappa shape index (κ3) is 4.10. The number of aliphatic hydroxyl groups excluding tert-OH is 1. The first-order valence-corrected chi connectivity index (χ1v) is 8.71. The molecule has 0 aliphatic heterocycles. The van der Waals surface area contributed by atoms with Crippen LogP contribution >= 0.6 is 11.3 Å². The fraction of sp³-hybridized carbons (Fsp3) is 0.222. The standard InChI is InChI=1S/C18H19N3O2S/c22-12-15(9-14-5-8-24-13-14)11-19-18(23)16-3-1-4-17(10-16)21-7-2-6-20-21/h1-8,10,13,15,22H,9,11-12H2,(H,19,23)/t15-/m1/s1. The van der Waals surface area contributed by atoms with Crippen molar-refractivity contribution in [2.24, 2.45) is 5.92 Å². The summed E-state index contributed by atoms with van der Waals surface area (Å²) in [6.07, 6.45) is 4.29. The molecule has 2 aromatic heterocycles. The highest BCUT2D eigenvalue weighted by atomic mass is 32.1. The fourth-order valence-corrected chi connectivity index (χ4v) is 3.18. The molecule has 0 unspecified atom stereocenters. The van der Waals surface area contributed by atoms with Crippen LogP contribution in [0.25, 0.3) is 5.69 Å². The second-order valence-corrected chi connectivity index (χ2v) is 6.38. The number of carbonyl (C=O) groups is 1. The highest BCUT2D eigenvalue weighted by Crippen LogP contribution is 2.13. The van der Waals surface area contributed by atoms with Gasteiger partial charge in [0, 0.05) is 37.0 Å². The topological polar surface area (TPSA) is 67.2 Å². The lowest BCUT2D eigenvalue weighted by atomic mass is 10.0. The van der Waals surface area contributed by atoms with Gasteiger partial charge in [0.05, 0.1) is 5.69 Å². The summed E-state index contributed by atoms with van der Waals surface area (Å²) in [5.74, 6) is -0.134. The van der Waals surface area contributed by atoms with E-state index in [1.165, 1.54) is 5.56 Å². The summed E-state index contributed by atoms with van der Waals surface area (Å²) in [6.45, 7) is 0.487.